The first-order valence-electron chi connectivity index (χ1n) is 5.22. The lowest BCUT2D eigenvalue weighted by Gasteiger charge is -2.14. The molecule has 12 heavy (non-hydrogen) atoms. The van der Waals surface area contributed by atoms with Crippen LogP contribution in [0.5, 0.6) is 0 Å². The van der Waals surface area contributed by atoms with Crippen molar-refractivity contribution in [1.82, 2.24) is 0 Å². The molecule has 0 saturated heterocycles. The van der Waals surface area contributed by atoms with Crippen LogP contribution in [0.4, 0.5) is 0 Å². The Morgan fingerprint density at radius 2 is 1.67 bits per heavy atom. The van der Waals surface area contributed by atoms with Crippen LogP contribution in [0.3, 0.4) is 0 Å². The Labute approximate surface area is 80.6 Å². The lowest BCUT2D eigenvalue weighted by molar-refractivity contribution is 0.567. The highest BCUT2D eigenvalue weighted by molar-refractivity contribution is 6.56. The van der Waals surface area contributed by atoms with Gasteiger partial charge in [-0.25, -0.2) is 0 Å². The van der Waals surface area contributed by atoms with Crippen LogP contribution < -0.4 is 0 Å². The third-order valence-electron chi connectivity index (χ3n) is 2.58. The third-order valence-corrected chi connectivity index (χ3v) is 6.85. The molecular formula is C9H21OSi2. The van der Waals surface area contributed by atoms with Gasteiger partial charge in [0.15, 0.2) is 9.04 Å². The molecule has 0 amide bonds. The van der Waals surface area contributed by atoms with Gasteiger partial charge in [0.05, 0.1) is 0 Å². The second kappa shape index (κ2) is 5.94. The van der Waals surface area contributed by atoms with Gasteiger partial charge in [-0.15, -0.1) is 0 Å². The average molecular weight is 201 g/mol. The van der Waals surface area contributed by atoms with E-state index in [9.17, 15) is 0 Å². The molecule has 71 valence electrons. The van der Waals surface area contributed by atoms with Gasteiger partial charge in [-0.3, -0.25) is 0 Å². The monoisotopic (exact) mass is 201 g/mol. The first-order chi connectivity index (χ1) is 5.79. The van der Waals surface area contributed by atoms with E-state index < -0.39 is 0 Å². The summed E-state index contributed by atoms with van der Waals surface area (Å²) in [7, 11) is -0.542. The van der Waals surface area contributed by atoms with Crippen molar-refractivity contribution in [2.45, 2.75) is 57.2 Å². The molecule has 0 N–H and O–H groups in total. The molecule has 1 rings (SSSR count). The van der Waals surface area contributed by atoms with Crippen LogP contribution in [0.25, 0.3) is 0 Å². The van der Waals surface area contributed by atoms with Gasteiger partial charge in [-0.2, -0.15) is 0 Å². The van der Waals surface area contributed by atoms with Crippen LogP contribution in [0, 0.1) is 0 Å². The Hall–Kier alpha value is 0.394. The summed E-state index contributed by atoms with van der Waals surface area (Å²) in [4.78, 5) is 0. The van der Waals surface area contributed by atoms with Crippen molar-refractivity contribution in [3.8, 4) is 0 Å². The number of hydrogen-bond donors (Lipinski definition) is 0. The quantitative estimate of drug-likeness (QED) is 0.503. The lowest BCUT2D eigenvalue weighted by atomic mass is 10.2. The van der Waals surface area contributed by atoms with Gasteiger partial charge < -0.3 is 4.12 Å². The Morgan fingerprint density at radius 1 is 1.08 bits per heavy atom. The Balaban J connectivity index is 2.12. The zero-order valence-electron chi connectivity index (χ0n) is 8.44. The van der Waals surface area contributed by atoms with Gasteiger partial charge in [0, 0.05) is 0 Å². The molecule has 0 aromatic heterocycles. The van der Waals surface area contributed by atoms with E-state index in [1.807, 2.05) is 0 Å². The van der Waals surface area contributed by atoms with Crippen molar-refractivity contribution in [3.05, 3.63) is 0 Å². The smallest absolute Gasteiger partial charge is 0.190 e. The van der Waals surface area contributed by atoms with Gasteiger partial charge in [-0.1, -0.05) is 38.5 Å². The van der Waals surface area contributed by atoms with Crippen LogP contribution in [0.2, 0.25) is 18.6 Å². The summed E-state index contributed by atoms with van der Waals surface area (Å²) >= 11 is 0. The van der Waals surface area contributed by atoms with Crippen molar-refractivity contribution < 1.29 is 4.12 Å². The van der Waals surface area contributed by atoms with Crippen molar-refractivity contribution >= 4 is 18.8 Å². The van der Waals surface area contributed by atoms with Crippen LogP contribution in [-0.4, -0.2) is 18.8 Å². The fraction of sp³-hybridized carbons (Fsp3) is 1.00. The van der Waals surface area contributed by atoms with E-state index in [-0.39, 0.29) is 18.8 Å². The SMILES string of the molecule is C[Si](C)O[SiH2]C1CCCCCC1. The van der Waals surface area contributed by atoms with Crippen molar-refractivity contribution in [1.29, 1.82) is 0 Å². The highest BCUT2D eigenvalue weighted by atomic mass is 28.3. The zero-order chi connectivity index (χ0) is 8.81. The summed E-state index contributed by atoms with van der Waals surface area (Å²) in [5.74, 6) is 0. The average Bonchev–Trinajstić information content (AvgIpc) is 2.28. The standard InChI is InChI=1S/C9H21OSi2/c1-12(2)10-11-9-7-5-3-4-6-8-9/h9H,3-8,11H2,1-2H3. The molecule has 1 saturated carbocycles. The molecule has 1 fully saturated rings. The fourth-order valence-corrected chi connectivity index (χ4v) is 5.00. The molecule has 0 aromatic carbocycles. The molecule has 0 heterocycles. The highest BCUT2D eigenvalue weighted by Gasteiger charge is 2.13. The molecule has 0 atom stereocenters. The normalized spacial score (nSPS) is 22.2. The topological polar surface area (TPSA) is 9.23 Å². The fourth-order valence-electron chi connectivity index (χ4n) is 1.82. The van der Waals surface area contributed by atoms with E-state index in [2.05, 4.69) is 13.1 Å². The molecule has 0 unspecified atom stereocenters. The molecule has 1 nitrogen and oxygen atoms in total. The second-order valence-electron chi connectivity index (χ2n) is 4.08. The number of hydrogen-bond acceptors (Lipinski definition) is 1. The minimum absolute atomic E-state index is 0.159. The maximum Gasteiger partial charge on any atom is 0.190 e. The Kier molecular flexibility index (Phi) is 5.19. The summed E-state index contributed by atoms with van der Waals surface area (Å²) in [5, 5.41) is 0. The summed E-state index contributed by atoms with van der Waals surface area (Å²) in [6.07, 6.45) is 8.83. The van der Waals surface area contributed by atoms with Gasteiger partial charge in [0.25, 0.3) is 0 Å². The lowest BCUT2D eigenvalue weighted by Crippen LogP contribution is -2.16. The molecule has 0 aliphatic heterocycles. The molecular weight excluding hydrogens is 180 g/mol. The molecule has 1 radical (unpaired) electrons. The molecule has 0 aromatic rings. The predicted octanol–water partition coefficient (Wildman–Crippen LogP) is 2.48. The Bertz CT molecular complexity index is 109. The van der Waals surface area contributed by atoms with Gasteiger partial charge in [-0.05, 0) is 18.6 Å². The van der Waals surface area contributed by atoms with E-state index in [4.69, 9.17) is 4.12 Å². The van der Waals surface area contributed by atoms with E-state index in [1.165, 1.54) is 38.5 Å². The molecule has 0 spiro atoms. The number of rotatable bonds is 3. The van der Waals surface area contributed by atoms with E-state index >= 15 is 0 Å². The van der Waals surface area contributed by atoms with Crippen LogP contribution in [0.1, 0.15) is 38.5 Å². The first kappa shape index (κ1) is 10.5. The Morgan fingerprint density at radius 3 is 2.17 bits per heavy atom. The van der Waals surface area contributed by atoms with Crippen molar-refractivity contribution in [2.75, 3.05) is 0 Å². The van der Waals surface area contributed by atoms with Crippen LogP contribution in [-0.2, 0) is 4.12 Å². The summed E-state index contributed by atoms with van der Waals surface area (Å²) in [6.45, 7) is 4.52. The van der Waals surface area contributed by atoms with Crippen LogP contribution >= 0.6 is 0 Å². The largest absolute Gasteiger partial charge is 0.460 e. The molecule has 1 aliphatic rings. The van der Waals surface area contributed by atoms with Crippen molar-refractivity contribution in [3.63, 3.8) is 0 Å². The minimum Gasteiger partial charge on any atom is -0.460 e. The second-order valence-corrected chi connectivity index (χ2v) is 8.54. The van der Waals surface area contributed by atoms with E-state index in [1.54, 1.807) is 0 Å². The van der Waals surface area contributed by atoms with E-state index in [0.717, 1.165) is 5.54 Å². The van der Waals surface area contributed by atoms with Gasteiger partial charge in [0.1, 0.15) is 9.76 Å². The summed E-state index contributed by atoms with van der Waals surface area (Å²) in [6, 6.07) is 0. The molecule has 3 heteroatoms. The van der Waals surface area contributed by atoms with Gasteiger partial charge >= 0.3 is 0 Å². The summed E-state index contributed by atoms with van der Waals surface area (Å²) < 4.78 is 5.88. The molecule has 0 bridgehead atoms. The van der Waals surface area contributed by atoms with E-state index in [0.29, 0.717) is 0 Å². The first-order valence-corrected chi connectivity index (χ1v) is 9.02. The predicted molar refractivity (Wildman–Crippen MR) is 58.6 cm³/mol. The van der Waals surface area contributed by atoms with Gasteiger partial charge in [0.2, 0.25) is 0 Å². The van der Waals surface area contributed by atoms with Crippen LogP contribution in [0.15, 0.2) is 0 Å². The third kappa shape index (κ3) is 4.43. The minimum atomic E-state index is -0.383. The maximum atomic E-state index is 5.88. The highest BCUT2D eigenvalue weighted by Crippen LogP contribution is 2.26. The zero-order valence-corrected chi connectivity index (χ0v) is 10.8. The van der Waals surface area contributed by atoms with Crippen molar-refractivity contribution in [2.24, 2.45) is 0 Å². The molecule has 1 aliphatic carbocycles. The maximum absolute atomic E-state index is 5.88. The summed E-state index contributed by atoms with van der Waals surface area (Å²) in [5.41, 5.74) is 1.02.